The molecule has 2 aliphatic rings. The molecule has 1 saturated heterocycles. The highest BCUT2D eigenvalue weighted by atomic mass is 19.2. The van der Waals surface area contributed by atoms with Crippen LogP contribution in [0.1, 0.15) is 72.4 Å². The molecule has 184 valence electrons. The molecule has 2 N–H and O–H groups in total. The Kier molecular flexibility index (Phi) is 6.00. The Bertz CT molecular complexity index is 1380. The monoisotopic (exact) mass is 487 g/mol. The van der Waals surface area contributed by atoms with Crippen LogP contribution in [0, 0.1) is 17.5 Å². The van der Waals surface area contributed by atoms with Gasteiger partial charge < -0.3 is 15.2 Å². The first-order valence-electron chi connectivity index (χ1n) is 11.6. The van der Waals surface area contributed by atoms with Gasteiger partial charge >= 0.3 is 5.97 Å². The van der Waals surface area contributed by atoms with Crippen molar-refractivity contribution >= 4 is 22.6 Å². The molecule has 10 heteroatoms. The topological polar surface area (TPSA) is 93.5 Å². The number of anilines is 1. The number of aromatic carboxylic acids is 1. The number of carboxylic acids is 1. The van der Waals surface area contributed by atoms with Gasteiger partial charge in [0, 0.05) is 30.7 Å². The van der Waals surface area contributed by atoms with E-state index >= 15 is 0 Å². The lowest BCUT2D eigenvalue weighted by atomic mass is 9.97. The number of halogens is 3. The van der Waals surface area contributed by atoms with E-state index in [1.54, 1.807) is 11.5 Å². The van der Waals surface area contributed by atoms with Gasteiger partial charge in [0.05, 0.1) is 22.6 Å². The number of ether oxygens (including phenoxy) is 1. The van der Waals surface area contributed by atoms with Crippen LogP contribution in [0.2, 0.25) is 0 Å². The molecular weight excluding hydrogens is 463 g/mol. The predicted molar refractivity (Wildman–Crippen MR) is 122 cm³/mol. The van der Waals surface area contributed by atoms with E-state index in [4.69, 9.17) is 9.72 Å². The molecule has 1 aliphatic heterocycles. The summed E-state index contributed by atoms with van der Waals surface area (Å²) in [5.74, 6) is -4.41. The van der Waals surface area contributed by atoms with E-state index in [1.165, 1.54) is 6.07 Å². The summed E-state index contributed by atoms with van der Waals surface area (Å²) in [6.07, 6.45) is 3.15. The minimum absolute atomic E-state index is 0.0208. The highest BCUT2D eigenvalue weighted by Gasteiger charge is 2.33. The molecule has 1 aromatic heterocycles. The number of carbonyl (C=O) groups is 1. The van der Waals surface area contributed by atoms with Crippen molar-refractivity contribution in [1.29, 1.82) is 0 Å². The Morgan fingerprint density at radius 1 is 1.17 bits per heavy atom. The summed E-state index contributed by atoms with van der Waals surface area (Å²) in [4.78, 5) is 30.0. The summed E-state index contributed by atoms with van der Waals surface area (Å²) >= 11 is 0. The molecule has 3 aromatic rings. The Labute approximate surface area is 198 Å². The third kappa shape index (κ3) is 4.27. The first-order chi connectivity index (χ1) is 16.8. The highest BCUT2D eigenvalue weighted by Crippen LogP contribution is 2.39. The number of fused-ring (bicyclic) bond motifs is 1. The Hall–Kier alpha value is -3.40. The van der Waals surface area contributed by atoms with Crippen molar-refractivity contribution in [3.8, 4) is 0 Å². The third-order valence-corrected chi connectivity index (χ3v) is 6.67. The van der Waals surface area contributed by atoms with E-state index < -0.39 is 35.0 Å². The second kappa shape index (κ2) is 8.99. The molecule has 2 heterocycles. The van der Waals surface area contributed by atoms with Crippen LogP contribution in [-0.2, 0) is 4.74 Å². The van der Waals surface area contributed by atoms with Crippen molar-refractivity contribution in [2.24, 2.45) is 0 Å². The fourth-order valence-electron chi connectivity index (χ4n) is 4.76. The lowest BCUT2D eigenvalue weighted by molar-refractivity contribution is 0.0691. The Morgan fingerprint density at radius 3 is 2.54 bits per heavy atom. The van der Waals surface area contributed by atoms with Gasteiger partial charge in [-0.25, -0.2) is 22.9 Å². The smallest absolute Gasteiger partial charge is 0.340 e. The summed E-state index contributed by atoms with van der Waals surface area (Å²) in [6, 6.07) is 3.58. The normalized spacial score (nSPS) is 17.5. The molecule has 1 aliphatic carbocycles. The van der Waals surface area contributed by atoms with E-state index in [9.17, 15) is 27.9 Å². The number of benzene rings is 2. The van der Waals surface area contributed by atoms with Gasteiger partial charge in [-0.15, -0.1) is 0 Å². The van der Waals surface area contributed by atoms with Gasteiger partial charge in [0.25, 0.3) is 5.56 Å². The van der Waals surface area contributed by atoms with Gasteiger partial charge in [-0.05, 0) is 56.9 Å². The molecule has 35 heavy (non-hydrogen) atoms. The van der Waals surface area contributed by atoms with Gasteiger partial charge in [-0.2, -0.15) is 0 Å². The summed E-state index contributed by atoms with van der Waals surface area (Å²) in [7, 11) is 0. The maximum atomic E-state index is 14.7. The molecule has 5 rings (SSSR count). The first kappa shape index (κ1) is 23.3. The van der Waals surface area contributed by atoms with E-state index in [1.807, 2.05) is 0 Å². The quantitative estimate of drug-likeness (QED) is 0.513. The highest BCUT2D eigenvalue weighted by molar-refractivity contribution is 5.94. The van der Waals surface area contributed by atoms with E-state index in [2.05, 4.69) is 5.32 Å². The number of aromatic nitrogens is 2. The Morgan fingerprint density at radius 2 is 1.89 bits per heavy atom. The molecular formula is C25H24F3N3O4. The summed E-state index contributed by atoms with van der Waals surface area (Å²) in [5, 5.41) is 12.4. The molecule has 2 fully saturated rings. The minimum atomic E-state index is -1.65. The summed E-state index contributed by atoms with van der Waals surface area (Å²) in [6.45, 7) is 2.74. The molecule has 2 aromatic carbocycles. The molecule has 0 spiro atoms. The van der Waals surface area contributed by atoms with Crippen LogP contribution in [0.3, 0.4) is 0 Å². The largest absolute Gasteiger partial charge is 0.478 e. The van der Waals surface area contributed by atoms with Gasteiger partial charge in [0.15, 0.2) is 11.6 Å². The number of hydrogen-bond acceptors (Lipinski definition) is 5. The molecule has 7 nitrogen and oxygen atoms in total. The summed E-state index contributed by atoms with van der Waals surface area (Å²) < 4.78 is 49.7. The summed E-state index contributed by atoms with van der Waals surface area (Å²) in [5.41, 5.74) is -0.725. The molecule has 1 atom stereocenters. The zero-order valence-corrected chi connectivity index (χ0v) is 19.0. The van der Waals surface area contributed by atoms with Crippen LogP contribution in [0.15, 0.2) is 29.1 Å². The molecule has 0 unspecified atom stereocenters. The van der Waals surface area contributed by atoms with Crippen molar-refractivity contribution in [1.82, 2.24) is 9.55 Å². The average Bonchev–Trinajstić information content (AvgIpc) is 3.67. The lowest BCUT2D eigenvalue weighted by Crippen LogP contribution is -2.29. The Balaban J connectivity index is 1.64. The van der Waals surface area contributed by atoms with Crippen molar-refractivity contribution < 1.29 is 27.8 Å². The van der Waals surface area contributed by atoms with Crippen molar-refractivity contribution in [3.05, 3.63) is 69.0 Å². The first-order valence-corrected chi connectivity index (χ1v) is 11.6. The zero-order valence-electron chi connectivity index (χ0n) is 19.0. The van der Waals surface area contributed by atoms with E-state index in [-0.39, 0.29) is 28.6 Å². The second-order valence-electron chi connectivity index (χ2n) is 9.11. The maximum absolute atomic E-state index is 14.7. The van der Waals surface area contributed by atoms with Crippen molar-refractivity contribution in [3.63, 3.8) is 0 Å². The molecule has 1 saturated carbocycles. The van der Waals surface area contributed by atoms with Crippen LogP contribution >= 0.6 is 0 Å². The molecule has 0 bridgehead atoms. The standard InChI is InChI=1S/C25H24F3N3O4/c1-12(29-19-5-4-18(27)21(28)20(19)25(33)34)16-10-14(26)11-17-22(16)30-23(13-6-8-35-9-7-13)31(24(17)32)15-2-3-15/h4-5,10-13,15,29H,2-3,6-9H2,1H3,(H,33,34)/t12-/m1/s1. The van der Waals surface area contributed by atoms with Gasteiger partial charge in [-0.1, -0.05) is 0 Å². The number of carboxylic acid groups (broad SMARTS) is 1. The number of nitrogens with zero attached hydrogens (tertiary/aromatic N) is 2. The van der Waals surface area contributed by atoms with Crippen LogP contribution in [0.25, 0.3) is 10.9 Å². The van der Waals surface area contributed by atoms with Gasteiger partial charge in [0.1, 0.15) is 17.2 Å². The average molecular weight is 487 g/mol. The van der Waals surface area contributed by atoms with Gasteiger partial charge in [-0.3, -0.25) is 9.36 Å². The number of nitrogens with one attached hydrogen (secondary N) is 1. The fourth-order valence-corrected chi connectivity index (χ4v) is 4.76. The van der Waals surface area contributed by atoms with Crippen LogP contribution in [-0.4, -0.2) is 33.8 Å². The van der Waals surface area contributed by atoms with Crippen molar-refractivity contribution in [2.75, 3.05) is 18.5 Å². The predicted octanol–water partition coefficient (Wildman–Crippen LogP) is 4.91. The number of hydrogen-bond donors (Lipinski definition) is 2. The van der Waals surface area contributed by atoms with E-state index in [0.29, 0.717) is 43.0 Å². The second-order valence-corrected chi connectivity index (χ2v) is 9.11. The van der Waals surface area contributed by atoms with Crippen LogP contribution in [0.5, 0.6) is 0 Å². The zero-order chi connectivity index (χ0) is 24.9. The van der Waals surface area contributed by atoms with E-state index in [0.717, 1.165) is 31.0 Å². The molecule has 0 amide bonds. The fraction of sp³-hybridized carbons (Fsp3) is 0.400. The van der Waals surface area contributed by atoms with Crippen LogP contribution in [0.4, 0.5) is 18.9 Å². The number of rotatable bonds is 6. The third-order valence-electron chi connectivity index (χ3n) is 6.67. The lowest BCUT2D eigenvalue weighted by Gasteiger charge is -2.26. The SMILES string of the molecule is C[C@@H](Nc1ccc(F)c(F)c1C(=O)O)c1cc(F)cc2c(=O)n(C3CC3)c(C3CCOCC3)nc12. The maximum Gasteiger partial charge on any atom is 0.340 e. The van der Waals surface area contributed by atoms with Crippen LogP contribution < -0.4 is 10.9 Å². The van der Waals surface area contributed by atoms with Gasteiger partial charge in [0.2, 0.25) is 0 Å². The minimum Gasteiger partial charge on any atom is -0.478 e. The van der Waals surface area contributed by atoms with Crippen molar-refractivity contribution in [2.45, 2.75) is 50.6 Å². The molecule has 0 radical (unpaired) electrons.